The Labute approximate surface area is 111 Å². The molecule has 0 spiro atoms. The maximum Gasteiger partial charge on any atom is 0.0394 e. The summed E-state index contributed by atoms with van der Waals surface area (Å²) in [6.07, 6.45) is 7.33. The van der Waals surface area contributed by atoms with E-state index in [0.717, 1.165) is 23.9 Å². The van der Waals surface area contributed by atoms with E-state index in [1.54, 1.807) is 0 Å². The second-order valence-electron chi connectivity index (χ2n) is 5.24. The minimum atomic E-state index is 0.558. The molecule has 17 heavy (non-hydrogen) atoms. The Balaban J connectivity index is 2.73. The highest BCUT2D eigenvalue weighted by molar-refractivity contribution is 6.32. The van der Waals surface area contributed by atoms with E-state index in [1.807, 2.05) is 20.0 Å². The molecule has 1 nitrogen and oxygen atoms in total. The summed E-state index contributed by atoms with van der Waals surface area (Å²) in [5.74, 6) is 1.53. The zero-order valence-corrected chi connectivity index (χ0v) is 12.4. The van der Waals surface area contributed by atoms with Crippen molar-refractivity contribution in [3.63, 3.8) is 0 Å². The zero-order valence-electron chi connectivity index (χ0n) is 11.6. The van der Waals surface area contributed by atoms with Crippen LogP contribution in [0.15, 0.2) is 22.3 Å². The molecule has 1 saturated carbocycles. The van der Waals surface area contributed by atoms with Gasteiger partial charge in [0.05, 0.1) is 0 Å². The summed E-state index contributed by atoms with van der Waals surface area (Å²) in [6.45, 7) is 7.54. The molecule has 0 radical (unpaired) electrons. The number of nitrogens with one attached hydrogen (secondary N) is 1. The number of allylic oxidation sites excluding steroid dienone is 3. The summed E-state index contributed by atoms with van der Waals surface area (Å²) in [5.41, 5.74) is 2.83. The molecule has 1 N–H and O–H groups in total. The lowest BCUT2D eigenvalue weighted by molar-refractivity contribution is 0.607. The molecule has 0 aliphatic heterocycles. The van der Waals surface area contributed by atoms with Gasteiger partial charge in [-0.1, -0.05) is 43.0 Å². The van der Waals surface area contributed by atoms with Crippen LogP contribution in [0.1, 0.15) is 46.5 Å². The van der Waals surface area contributed by atoms with Gasteiger partial charge in [-0.15, -0.1) is 0 Å². The van der Waals surface area contributed by atoms with Crippen LogP contribution < -0.4 is 5.32 Å². The van der Waals surface area contributed by atoms with Gasteiger partial charge in [-0.25, -0.2) is 0 Å². The molecule has 0 amide bonds. The Hall–Kier alpha value is -0.270. The molecule has 2 heteroatoms. The molecule has 1 aliphatic rings. The first kappa shape index (κ1) is 14.8. The third-order valence-corrected chi connectivity index (χ3v) is 4.21. The van der Waals surface area contributed by atoms with Crippen molar-refractivity contribution in [3.8, 4) is 0 Å². The second-order valence-corrected chi connectivity index (χ2v) is 5.65. The van der Waals surface area contributed by atoms with Crippen molar-refractivity contribution in [2.24, 2.45) is 11.8 Å². The molecule has 0 aromatic carbocycles. The minimum Gasteiger partial charge on any atom is -0.319 e. The maximum absolute atomic E-state index is 6.36. The van der Waals surface area contributed by atoms with E-state index in [2.05, 4.69) is 19.2 Å². The van der Waals surface area contributed by atoms with Gasteiger partial charge in [0.2, 0.25) is 0 Å². The molecular formula is C15H26ClN. The summed E-state index contributed by atoms with van der Waals surface area (Å²) >= 11 is 6.36. The van der Waals surface area contributed by atoms with Crippen LogP contribution in [0.2, 0.25) is 0 Å². The molecule has 1 atom stereocenters. The van der Waals surface area contributed by atoms with Crippen molar-refractivity contribution in [2.75, 3.05) is 13.6 Å². The predicted octanol–water partition coefficient (Wildman–Crippen LogP) is 4.49. The third-order valence-electron chi connectivity index (χ3n) is 3.77. The highest BCUT2D eigenvalue weighted by atomic mass is 35.5. The normalized spacial score (nSPS) is 20.2. The van der Waals surface area contributed by atoms with E-state index in [0.29, 0.717) is 5.92 Å². The molecule has 0 heterocycles. The molecule has 0 saturated heterocycles. The summed E-state index contributed by atoms with van der Waals surface area (Å²) < 4.78 is 0. The predicted molar refractivity (Wildman–Crippen MR) is 77.4 cm³/mol. The first-order chi connectivity index (χ1) is 8.10. The lowest BCUT2D eigenvalue weighted by atomic mass is 9.93. The van der Waals surface area contributed by atoms with Crippen LogP contribution in [-0.2, 0) is 0 Å². The largest absolute Gasteiger partial charge is 0.319 e. The van der Waals surface area contributed by atoms with E-state index >= 15 is 0 Å². The Morgan fingerprint density at radius 2 is 2.12 bits per heavy atom. The quantitative estimate of drug-likeness (QED) is 0.661. The van der Waals surface area contributed by atoms with Crippen molar-refractivity contribution in [2.45, 2.75) is 46.5 Å². The zero-order chi connectivity index (χ0) is 12.8. The summed E-state index contributed by atoms with van der Waals surface area (Å²) in [4.78, 5) is 0. The van der Waals surface area contributed by atoms with E-state index in [4.69, 9.17) is 11.6 Å². The second kappa shape index (κ2) is 7.23. The van der Waals surface area contributed by atoms with Gasteiger partial charge < -0.3 is 5.32 Å². The summed E-state index contributed by atoms with van der Waals surface area (Å²) in [6, 6.07) is 0. The lowest BCUT2D eigenvalue weighted by Crippen LogP contribution is -2.18. The molecule has 0 aromatic heterocycles. The van der Waals surface area contributed by atoms with Crippen LogP contribution in [0.25, 0.3) is 0 Å². The number of hydrogen-bond donors (Lipinski definition) is 1. The fourth-order valence-electron chi connectivity index (χ4n) is 2.19. The lowest BCUT2D eigenvalue weighted by Gasteiger charge is -2.18. The maximum atomic E-state index is 6.36. The van der Waals surface area contributed by atoms with Gasteiger partial charge in [-0.3, -0.25) is 0 Å². The molecule has 1 aliphatic carbocycles. The fourth-order valence-corrected chi connectivity index (χ4v) is 2.43. The van der Waals surface area contributed by atoms with Crippen molar-refractivity contribution in [1.82, 2.24) is 5.32 Å². The molecule has 1 rings (SSSR count). The fraction of sp³-hybridized carbons (Fsp3) is 0.733. The van der Waals surface area contributed by atoms with Gasteiger partial charge in [0, 0.05) is 11.6 Å². The highest BCUT2D eigenvalue weighted by Crippen LogP contribution is 2.37. The summed E-state index contributed by atoms with van der Waals surface area (Å²) in [7, 11) is 2.00. The van der Waals surface area contributed by atoms with Crippen molar-refractivity contribution in [3.05, 3.63) is 22.3 Å². The van der Waals surface area contributed by atoms with Gasteiger partial charge in [0.1, 0.15) is 0 Å². The molecule has 98 valence electrons. The Kier molecular flexibility index (Phi) is 6.29. The van der Waals surface area contributed by atoms with Gasteiger partial charge in [-0.05, 0) is 51.1 Å². The van der Waals surface area contributed by atoms with Crippen molar-refractivity contribution in [1.29, 1.82) is 0 Å². The van der Waals surface area contributed by atoms with Crippen LogP contribution in [0, 0.1) is 11.8 Å². The number of hydrogen-bond acceptors (Lipinski definition) is 1. The monoisotopic (exact) mass is 255 g/mol. The number of rotatable bonds is 7. The van der Waals surface area contributed by atoms with Crippen LogP contribution in [0.5, 0.6) is 0 Å². The third kappa shape index (κ3) is 4.85. The molecule has 0 aromatic rings. The van der Waals surface area contributed by atoms with Crippen LogP contribution in [-0.4, -0.2) is 13.6 Å². The van der Waals surface area contributed by atoms with Gasteiger partial charge in [-0.2, -0.15) is 0 Å². The molecule has 1 fully saturated rings. The minimum absolute atomic E-state index is 0.558. The van der Waals surface area contributed by atoms with Gasteiger partial charge >= 0.3 is 0 Å². The molecular weight excluding hydrogens is 230 g/mol. The Morgan fingerprint density at radius 1 is 1.47 bits per heavy atom. The van der Waals surface area contributed by atoms with E-state index < -0.39 is 0 Å². The SMILES string of the molecule is C/C=C(Cl)\C(CCC1CC1)=C(/C)C(C)CNC. The topological polar surface area (TPSA) is 12.0 Å². The van der Waals surface area contributed by atoms with Crippen LogP contribution in [0.3, 0.4) is 0 Å². The van der Waals surface area contributed by atoms with Crippen molar-refractivity contribution < 1.29 is 0 Å². The highest BCUT2D eigenvalue weighted by Gasteiger charge is 2.22. The van der Waals surface area contributed by atoms with Crippen molar-refractivity contribution >= 4 is 11.6 Å². The van der Waals surface area contributed by atoms with E-state index in [9.17, 15) is 0 Å². The van der Waals surface area contributed by atoms with E-state index in [-0.39, 0.29) is 0 Å². The number of halogens is 1. The van der Waals surface area contributed by atoms with Crippen LogP contribution in [0.4, 0.5) is 0 Å². The van der Waals surface area contributed by atoms with E-state index in [1.165, 1.54) is 30.4 Å². The molecule has 0 bridgehead atoms. The Morgan fingerprint density at radius 3 is 2.59 bits per heavy atom. The first-order valence-corrected chi connectivity index (χ1v) is 7.14. The average molecular weight is 256 g/mol. The molecule has 1 unspecified atom stereocenters. The smallest absolute Gasteiger partial charge is 0.0394 e. The van der Waals surface area contributed by atoms with Gasteiger partial charge in [0.25, 0.3) is 0 Å². The van der Waals surface area contributed by atoms with Crippen LogP contribution >= 0.6 is 11.6 Å². The standard InChI is InChI=1S/C15H26ClN/c1-5-15(16)14(9-8-13-6-7-13)12(3)11(2)10-17-4/h5,11,13,17H,6-10H2,1-4H3/b14-12+,15-5+. The van der Waals surface area contributed by atoms with Gasteiger partial charge in [0.15, 0.2) is 0 Å². The summed E-state index contributed by atoms with van der Waals surface area (Å²) in [5, 5.41) is 4.19. The Bertz CT molecular complexity index is 300. The average Bonchev–Trinajstić information content (AvgIpc) is 3.12. The first-order valence-electron chi connectivity index (χ1n) is 6.76.